The Bertz CT molecular complexity index is 400. The highest BCUT2D eigenvalue weighted by Gasteiger charge is 2.27. The molecule has 0 aliphatic rings. The van der Waals surface area contributed by atoms with Crippen molar-refractivity contribution in [3.8, 4) is 0 Å². The summed E-state index contributed by atoms with van der Waals surface area (Å²) >= 11 is 2.93. The molecule has 1 heterocycles. The van der Waals surface area contributed by atoms with Crippen molar-refractivity contribution in [2.75, 3.05) is 5.73 Å². The SMILES string of the molecule is Nc1cc(C(F)F)c([N+](=O)[O-])c(CBr)n1. The van der Waals surface area contributed by atoms with Crippen LogP contribution in [0.25, 0.3) is 0 Å². The average Bonchev–Trinajstić information content (AvgIpc) is 2.15. The van der Waals surface area contributed by atoms with E-state index in [1.165, 1.54) is 0 Å². The van der Waals surface area contributed by atoms with Crippen molar-refractivity contribution in [1.29, 1.82) is 0 Å². The number of anilines is 1. The maximum absolute atomic E-state index is 12.5. The van der Waals surface area contributed by atoms with E-state index in [1.807, 2.05) is 0 Å². The average molecular weight is 282 g/mol. The van der Waals surface area contributed by atoms with Gasteiger partial charge in [-0.2, -0.15) is 0 Å². The summed E-state index contributed by atoms with van der Waals surface area (Å²) in [4.78, 5) is 13.3. The normalized spacial score (nSPS) is 10.7. The number of aromatic nitrogens is 1. The van der Waals surface area contributed by atoms with Crippen molar-refractivity contribution in [3.05, 3.63) is 27.4 Å². The molecule has 0 atom stereocenters. The monoisotopic (exact) mass is 281 g/mol. The van der Waals surface area contributed by atoms with Gasteiger partial charge in [0.1, 0.15) is 17.1 Å². The van der Waals surface area contributed by atoms with Gasteiger partial charge in [-0.05, 0) is 6.07 Å². The molecule has 15 heavy (non-hydrogen) atoms. The summed E-state index contributed by atoms with van der Waals surface area (Å²) in [6, 6.07) is 0.814. The standard InChI is InChI=1S/C7H6BrF2N3O2/c8-2-4-6(13(14)15)3(7(9)10)1-5(11)12-4/h1,7H,2H2,(H2,11,12). The molecule has 0 amide bonds. The van der Waals surface area contributed by atoms with Crippen molar-refractivity contribution >= 4 is 27.4 Å². The van der Waals surface area contributed by atoms with Gasteiger partial charge in [0.2, 0.25) is 0 Å². The molecule has 1 aromatic heterocycles. The Kier molecular flexibility index (Phi) is 3.51. The molecule has 0 saturated carbocycles. The van der Waals surface area contributed by atoms with Crippen LogP contribution >= 0.6 is 15.9 Å². The van der Waals surface area contributed by atoms with E-state index in [-0.39, 0.29) is 16.8 Å². The first-order valence-electron chi connectivity index (χ1n) is 3.75. The summed E-state index contributed by atoms with van der Waals surface area (Å²) in [5.41, 5.74) is 3.76. The number of nitrogen functional groups attached to an aromatic ring is 1. The highest BCUT2D eigenvalue weighted by atomic mass is 79.9. The van der Waals surface area contributed by atoms with Crippen LogP contribution in [0, 0.1) is 10.1 Å². The summed E-state index contributed by atoms with van der Waals surface area (Å²) in [6.45, 7) is 0. The summed E-state index contributed by atoms with van der Waals surface area (Å²) < 4.78 is 25.0. The predicted molar refractivity (Wildman–Crippen MR) is 52.9 cm³/mol. The first-order valence-corrected chi connectivity index (χ1v) is 4.87. The van der Waals surface area contributed by atoms with Gasteiger partial charge in [-0.15, -0.1) is 0 Å². The largest absolute Gasteiger partial charge is 0.384 e. The van der Waals surface area contributed by atoms with E-state index in [4.69, 9.17) is 5.73 Å². The lowest BCUT2D eigenvalue weighted by atomic mass is 10.2. The molecule has 0 bridgehead atoms. The van der Waals surface area contributed by atoms with Crippen molar-refractivity contribution < 1.29 is 13.7 Å². The fourth-order valence-electron chi connectivity index (χ4n) is 1.11. The minimum atomic E-state index is -2.95. The Morgan fingerprint density at radius 2 is 2.27 bits per heavy atom. The van der Waals surface area contributed by atoms with Crippen LogP contribution in [0.2, 0.25) is 0 Å². The molecule has 0 radical (unpaired) electrons. The zero-order valence-corrected chi connectivity index (χ0v) is 8.87. The third-order valence-electron chi connectivity index (χ3n) is 1.66. The third-order valence-corrected chi connectivity index (χ3v) is 2.19. The van der Waals surface area contributed by atoms with Gasteiger partial charge in [-0.1, -0.05) is 15.9 Å². The lowest BCUT2D eigenvalue weighted by Gasteiger charge is -2.05. The molecule has 0 unspecified atom stereocenters. The molecule has 8 heteroatoms. The van der Waals surface area contributed by atoms with Gasteiger partial charge in [0.05, 0.1) is 10.3 Å². The summed E-state index contributed by atoms with van der Waals surface area (Å²) in [5, 5.41) is 10.6. The number of nitrogens with zero attached hydrogens (tertiary/aromatic N) is 2. The van der Waals surface area contributed by atoms with Crippen LogP contribution in [-0.4, -0.2) is 9.91 Å². The Balaban J connectivity index is 3.47. The second kappa shape index (κ2) is 4.47. The van der Waals surface area contributed by atoms with E-state index < -0.39 is 22.6 Å². The van der Waals surface area contributed by atoms with E-state index in [1.54, 1.807) is 0 Å². The van der Waals surface area contributed by atoms with E-state index in [0.29, 0.717) is 0 Å². The van der Waals surface area contributed by atoms with Gasteiger partial charge in [0.15, 0.2) is 0 Å². The van der Waals surface area contributed by atoms with E-state index in [9.17, 15) is 18.9 Å². The van der Waals surface area contributed by atoms with Crippen LogP contribution < -0.4 is 5.73 Å². The number of hydrogen-bond acceptors (Lipinski definition) is 4. The molecule has 0 aromatic carbocycles. The van der Waals surface area contributed by atoms with Crippen molar-refractivity contribution in [2.45, 2.75) is 11.8 Å². The van der Waals surface area contributed by atoms with E-state index >= 15 is 0 Å². The van der Waals surface area contributed by atoms with Gasteiger partial charge in [-0.25, -0.2) is 13.8 Å². The molecular weight excluding hydrogens is 276 g/mol. The molecule has 0 saturated heterocycles. The number of pyridine rings is 1. The third kappa shape index (κ3) is 2.38. The summed E-state index contributed by atoms with van der Waals surface area (Å²) in [5.74, 6) is -0.162. The van der Waals surface area contributed by atoms with Gasteiger partial charge in [-0.3, -0.25) is 10.1 Å². The molecule has 0 aliphatic heterocycles. The van der Waals surface area contributed by atoms with Gasteiger partial charge < -0.3 is 5.73 Å². The lowest BCUT2D eigenvalue weighted by molar-refractivity contribution is -0.387. The van der Waals surface area contributed by atoms with Crippen LogP contribution in [0.4, 0.5) is 20.3 Å². The zero-order chi connectivity index (χ0) is 11.6. The molecule has 0 spiro atoms. The number of hydrogen-bond donors (Lipinski definition) is 1. The molecule has 0 aliphatic carbocycles. The zero-order valence-electron chi connectivity index (χ0n) is 7.28. The number of nitrogens with two attached hydrogens (primary N) is 1. The second-order valence-corrected chi connectivity index (χ2v) is 3.18. The van der Waals surface area contributed by atoms with Crippen LogP contribution in [0.1, 0.15) is 17.7 Å². The molecule has 2 N–H and O–H groups in total. The van der Waals surface area contributed by atoms with Crippen LogP contribution in [-0.2, 0) is 5.33 Å². The number of halogens is 3. The quantitative estimate of drug-likeness (QED) is 0.524. The number of rotatable bonds is 3. The lowest BCUT2D eigenvalue weighted by Crippen LogP contribution is -2.05. The predicted octanol–water partition coefficient (Wildman–Crippen LogP) is 2.40. The molecular formula is C7H6BrF2N3O2. The van der Waals surface area contributed by atoms with Crippen molar-refractivity contribution in [3.63, 3.8) is 0 Å². The second-order valence-electron chi connectivity index (χ2n) is 2.62. The van der Waals surface area contributed by atoms with Crippen LogP contribution in [0.5, 0.6) is 0 Å². The molecule has 0 fully saturated rings. The summed E-state index contributed by atoms with van der Waals surface area (Å²) in [6.07, 6.45) is -2.95. The Morgan fingerprint density at radius 1 is 1.67 bits per heavy atom. The van der Waals surface area contributed by atoms with Gasteiger partial charge >= 0.3 is 5.69 Å². The number of nitro groups is 1. The van der Waals surface area contributed by atoms with Crippen molar-refractivity contribution in [1.82, 2.24) is 4.98 Å². The summed E-state index contributed by atoms with van der Waals surface area (Å²) in [7, 11) is 0. The first kappa shape index (κ1) is 11.8. The maximum Gasteiger partial charge on any atom is 0.300 e. The minimum Gasteiger partial charge on any atom is -0.384 e. The Hall–Kier alpha value is -1.31. The van der Waals surface area contributed by atoms with Crippen LogP contribution in [0.15, 0.2) is 6.07 Å². The maximum atomic E-state index is 12.5. The smallest absolute Gasteiger partial charge is 0.300 e. The fraction of sp³-hybridized carbons (Fsp3) is 0.286. The van der Waals surface area contributed by atoms with E-state index in [2.05, 4.69) is 20.9 Å². The van der Waals surface area contributed by atoms with Crippen LogP contribution in [0.3, 0.4) is 0 Å². The first-order chi connectivity index (χ1) is 6.97. The molecule has 1 rings (SSSR count). The fourth-order valence-corrected chi connectivity index (χ4v) is 1.50. The Morgan fingerprint density at radius 3 is 2.67 bits per heavy atom. The molecule has 82 valence electrons. The molecule has 5 nitrogen and oxygen atoms in total. The van der Waals surface area contributed by atoms with Gasteiger partial charge in [0, 0.05) is 0 Å². The number of alkyl halides is 3. The van der Waals surface area contributed by atoms with E-state index in [0.717, 1.165) is 6.07 Å². The highest BCUT2D eigenvalue weighted by Crippen LogP contribution is 2.33. The van der Waals surface area contributed by atoms with Gasteiger partial charge in [0.25, 0.3) is 6.43 Å². The minimum absolute atomic E-state index is 0.00588. The van der Waals surface area contributed by atoms with Crippen molar-refractivity contribution in [2.24, 2.45) is 0 Å². The Labute approximate surface area is 91.6 Å². The molecule has 1 aromatic rings. The highest BCUT2D eigenvalue weighted by molar-refractivity contribution is 9.08. The topological polar surface area (TPSA) is 82.0 Å².